The topological polar surface area (TPSA) is 17.8 Å². The number of allylic oxidation sites excluding steroid dienone is 4. The molecule has 1 heterocycles. The Morgan fingerprint density at radius 1 is 0.886 bits per heavy atom. The van der Waals surface area contributed by atoms with Gasteiger partial charge in [-0.3, -0.25) is 0 Å². The van der Waals surface area contributed by atoms with E-state index in [1.165, 1.54) is 15.4 Å². The summed E-state index contributed by atoms with van der Waals surface area (Å²) in [6.07, 6.45) is 8.98. The summed E-state index contributed by atoms with van der Waals surface area (Å²) < 4.78 is 16.5. The highest BCUT2D eigenvalue weighted by atomic mass is 79.9. The molecule has 4 aromatic rings. The van der Waals surface area contributed by atoms with Crippen molar-refractivity contribution in [2.24, 2.45) is 0 Å². The van der Waals surface area contributed by atoms with E-state index in [1.807, 2.05) is 41.8 Å². The van der Waals surface area contributed by atoms with Crippen LogP contribution >= 0.6 is 15.9 Å². The molecule has 1 aromatic heterocycles. The van der Waals surface area contributed by atoms with Crippen LogP contribution in [0.1, 0.15) is 20.3 Å². The molecule has 178 valence electrons. The first kappa shape index (κ1) is 26.4. The van der Waals surface area contributed by atoms with Crippen molar-refractivity contribution in [3.63, 3.8) is 0 Å². The second-order valence-electron chi connectivity index (χ2n) is 8.23. The summed E-state index contributed by atoms with van der Waals surface area (Å²) >= 11 is 3.51. The van der Waals surface area contributed by atoms with Gasteiger partial charge in [0.1, 0.15) is 5.83 Å². The van der Waals surface area contributed by atoms with Gasteiger partial charge in [0.15, 0.2) is 0 Å². The van der Waals surface area contributed by atoms with E-state index in [2.05, 4.69) is 94.6 Å². The molecule has 0 aliphatic heterocycles. The Kier molecular flexibility index (Phi) is 10.8. The average molecular weight is 529 g/mol. The maximum Gasteiger partial charge on any atom is 0.213 e. The molecular weight excluding hydrogens is 498 g/mol. The van der Waals surface area contributed by atoms with Gasteiger partial charge in [-0.2, -0.15) is 0 Å². The van der Waals surface area contributed by atoms with Crippen LogP contribution in [-0.2, 0) is 6.54 Å². The zero-order valence-corrected chi connectivity index (χ0v) is 21.9. The summed E-state index contributed by atoms with van der Waals surface area (Å²) in [6.45, 7) is 4.68. The molecule has 0 unspecified atom stereocenters. The Hall–Kier alpha value is -3.18. The van der Waals surface area contributed by atoms with E-state index in [9.17, 15) is 4.39 Å². The van der Waals surface area contributed by atoms with E-state index >= 15 is 0 Å². The summed E-state index contributed by atoms with van der Waals surface area (Å²) in [4.78, 5) is 4.08. The molecular formula is C30H31BBrFN2. The van der Waals surface area contributed by atoms with Crippen molar-refractivity contribution in [2.45, 2.75) is 33.1 Å². The minimum Gasteiger partial charge on any atom is -0.324 e. The molecule has 3 aromatic carbocycles. The third kappa shape index (κ3) is 8.52. The number of aromatic nitrogens is 2. The first-order chi connectivity index (χ1) is 17.1. The van der Waals surface area contributed by atoms with Gasteiger partial charge >= 0.3 is 0 Å². The lowest BCUT2D eigenvalue weighted by Crippen LogP contribution is -2.41. The number of benzene rings is 3. The molecule has 0 N–H and O–H groups in total. The fraction of sp³-hybridized carbons (Fsp3) is 0.167. The molecule has 0 atom stereocenters. The number of hydrogen-bond acceptors (Lipinski definition) is 1. The van der Waals surface area contributed by atoms with Crippen LogP contribution < -0.4 is 10.9 Å². The van der Waals surface area contributed by atoms with Gasteiger partial charge in [-0.1, -0.05) is 137 Å². The van der Waals surface area contributed by atoms with E-state index in [4.69, 9.17) is 0 Å². The molecule has 35 heavy (non-hydrogen) atoms. The minimum absolute atomic E-state index is 0.123. The number of halogens is 2. The van der Waals surface area contributed by atoms with Gasteiger partial charge in [0.05, 0.1) is 24.8 Å². The van der Waals surface area contributed by atoms with Crippen molar-refractivity contribution in [2.75, 3.05) is 0 Å². The highest BCUT2D eigenvalue weighted by Crippen LogP contribution is 2.19. The molecule has 0 radical (unpaired) electrons. The predicted octanol–water partition coefficient (Wildman–Crippen LogP) is 7.41. The molecule has 4 rings (SSSR count). The lowest BCUT2D eigenvalue weighted by Gasteiger charge is -2.12. The number of hydrogen-bond donors (Lipinski definition) is 0. The number of imidazole rings is 1. The quantitative estimate of drug-likeness (QED) is 0.218. The molecule has 0 fully saturated rings. The van der Waals surface area contributed by atoms with E-state index in [-0.39, 0.29) is 12.4 Å². The summed E-state index contributed by atoms with van der Waals surface area (Å²) in [5.74, 6) is -0.123. The van der Waals surface area contributed by atoms with Crippen molar-refractivity contribution < 1.29 is 4.39 Å². The van der Waals surface area contributed by atoms with Gasteiger partial charge in [0.25, 0.3) is 0 Å². The minimum atomic E-state index is -0.123. The van der Waals surface area contributed by atoms with E-state index in [0.717, 1.165) is 17.6 Å². The lowest BCUT2D eigenvalue weighted by atomic mass is 9.39. The SMILES string of the molecule is CC(Br)=CCB(c1ccccc1)c1ccccc1.CCC=C(F)Cn1cncc1-c1ccccc1. The van der Waals surface area contributed by atoms with Crippen LogP contribution in [0.15, 0.2) is 126 Å². The highest BCUT2D eigenvalue weighted by molar-refractivity contribution is 9.11. The second-order valence-corrected chi connectivity index (χ2v) is 9.48. The largest absolute Gasteiger partial charge is 0.324 e. The fourth-order valence-electron chi connectivity index (χ4n) is 3.86. The van der Waals surface area contributed by atoms with Crippen molar-refractivity contribution in [3.05, 3.63) is 126 Å². The van der Waals surface area contributed by atoms with E-state index in [0.29, 0.717) is 13.1 Å². The average Bonchev–Trinajstić information content (AvgIpc) is 3.34. The molecule has 5 heteroatoms. The third-order valence-electron chi connectivity index (χ3n) is 5.57. The molecule has 0 saturated heterocycles. The van der Waals surface area contributed by atoms with Gasteiger partial charge < -0.3 is 4.57 Å². The summed E-state index contributed by atoms with van der Waals surface area (Å²) in [5, 5.41) is 0. The second kappa shape index (κ2) is 14.3. The van der Waals surface area contributed by atoms with Crippen LogP contribution in [0.4, 0.5) is 4.39 Å². The zero-order chi connectivity index (χ0) is 24.9. The summed E-state index contributed by atoms with van der Waals surface area (Å²) in [5.41, 5.74) is 4.72. The van der Waals surface area contributed by atoms with Crippen LogP contribution in [0.2, 0.25) is 6.32 Å². The molecule has 0 aliphatic carbocycles. The third-order valence-corrected chi connectivity index (χ3v) is 5.89. The Morgan fingerprint density at radius 2 is 1.43 bits per heavy atom. The monoisotopic (exact) mass is 528 g/mol. The molecule has 0 bridgehead atoms. The molecule has 0 saturated carbocycles. The van der Waals surface area contributed by atoms with E-state index < -0.39 is 0 Å². The normalized spacial score (nSPS) is 11.5. The van der Waals surface area contributed by atoms with Crippen LogP contribution in [0.25, 0.3) is 11.3 Å². The first-order valence-electron chi connectivity index (χ1n) is 11.9. The first-order valence-corrected chi connectivity index (χ1v) is 12.7. The number of rotatable bonds is 8. The van der Waals surface area contributed by atoms with Crippen molar-refractivity contribution >= 4 is 33.6 Å². The zero-order valence-electron chi connectivity index (χ0n) is 20.3. The van der Waals surface area contributed by atoms with Crippen LogP contribution in [-0.4, -0.2) is 16.3 Å². The fourth-order valence-corrected chi connectivity index (χ4v) is 4.05. The number of nitrogens with zero attached hydrogens (tertiary/aromatic N) is 2. The van der Waals surface area contributed by atoms with E-state index in [1.54, 1.807) is 18.6 Å². The van der Waals surface area contributed by atoms with Crippen molar-refractivity contribution in [3.8, 4) is 11.3 Å². The Morgan fingerprint density at radius 3 is 1.94 bits per heavy atom. The van der Waals surface area contributed by atoms with Crippen LogP contribution in [0, 0.1) is 0 Å². The van der Waals surface area contributed by atoms with Crippen molar-refractivity contribution in [1.82, 2.24) is 9.55 Å². The van der Waals surface area contributed by atoms with Gasteiger partial charge in [-0.15, -0.1) is 0 Å². The standard InChI is InChI=1S/C16H16BBr.C14H15FN2/c1-14(18)12-13-17(15-8-4-2-5-9-15)16-10-6-3-7-11-16;1-2-6-13(15)10-17-11-16-9-14(17)12-7-4-3-5-8-12/h2-12H,13H2,1H3;3-9,11H,2,10H2,1H3. The van der Waals surface area contributed by atoms with Gasteiger partial charge in [-0.25, -0.2) is 9.37 Å². The van der Waals surface area contributed by atoms with Crippen molar-refractivity contribution in [1.29, 1.82) is 0 Å². The van der Waals surface area contributed by atoms with Gasteiger partial charge in [0.2, 0.25) is 6.71 Å². The molecule has 2 nitrogen and oxygen atoms in total. The van der Waals surface area contributed by atoms with Gasteiger partial charge in [0, 0.05) is 0 Å². The maximum absolute atomic E-state index is 13.5. The summed E-state index contributed by atoms with van der Waals surface area (Å²) in [6, 6.07) is 31.3. The molecule has 0 amide bonds. The van der Waals surface area contributed by atoms with Crippen LogP contribution in [0.3, 0.4) is 0 Å². The Bertz CT molecular complexity index is 1160. The molecule has 0 spiro atoms. The Balaban J connectivity index is 0.000000196. The molecule has 0 aliphatic rings. The Labute approximate surface area is 217 Å². The maximum atomic E-state index is 13.5. The van der Waals surface area contributed by atoms with Gasteiger partial charge in [-0.05, 0) is 29.7 Å². The predicted molar refractivity (Wildman–Crippen MR) is 153 cm³/mol. The smallest absolute Gasteiger partial charge is 0.213 e. The van der Waals surface area contributed by atoms with Crippen LogP contribution in [0.5, 0.6) is 0 Å². The summed E-state index contributed by atoms with van der Waals surface area (Å²) in [7, 11) is 0. The highest BCUT2D eigenvalue weighted by Gasteiger charge is 2.16. The lowest BCUT2D eigenvalue weighted by molar-refractivity contribution is 0.553.